The van der Waals surface area contributed by atoms with E-state index < -0.39 is 0 Å². The smallest absolute Gasteiger partial charge is 0.306 e. The van der Waals surface area contributed by atoms with E-state index in [1.807, 2.05) is 55.5 Å². The highest BCUT2D eigenvalue weighted by Gasteiger charge is 2.10. The Bertz CT molecular complexity index is 640. The van der Waals surface area contributed by atoms with E-state index in [2.05, 4.69) is 5.32 Å². The van der Waals surface area contributed by atoms with Gasteiger partial charge >= 0.3 is 5.97 Å². The van der Waals surface area contributed by atoms with Crippen molar-refractivity contribution in [2.24, 2.45) is 0 Å². The minimum absolute atomic E-state index is 0.0135. The molecule has 2 rings (SSSR count). The summed E-state index contributed by atoms with van der Waals surface area (Å²) in [7, 11) is 0. The third-order valence-corrected chi connectivity index (χ3v) is 3.67. The van der Waals surface area contributed by atoms with Gasteiger partial charge in [-0.05, 0) is 37.5 Å². The van der Waals surface area contributed by atoms with Gasteiger partial charge in [0, 0.05) is 18.0 Å². The number of hydrogen-bond acceptors (Lipinski definition) is 3. The maximum Gasteiger partial charge on any atom is 0.306 e. The third kappa shape index (κ3) is 6.24. The number of nitrogens with one attached hydrogen (secondary N) is 1. The van der Waals surface area contributed by atoms with Crippen LogP contribution in [0.25, 0.3) is 0 Å². The van der Waals surface area contributed by atoms with Crippen LogP contribution in [0.1, 0.15) is 42.1 Å². The summed E-state index contributed by atoms with van der Waals surface area (Å²) in [5.41, 5.74) is 1.63. The average Bonchev–Trinajstić information content (AvgIpc) is 2.61. The first-order valence-electron chi connectivity index (χ1n) is 8.20. The molecule has 4 heteroatoms. The van der Waals surface area contributed by atoms with E-state index in [-0.39, 0.29) is 17.9 Å². The van der Waals surface area contributed by atoms with Crippen LogP contribution in [0.4, 0.5) is 0 Å². The maximum absolute atomic E-state index is 12.0. The molecule has 1 unspecified atom stereocenters. The van der Waals surface area contributed by atoms with Crippen LogP contribution in [0.15, 0.2) is 60.7 Å². The Morgan fingerprint density at radius 1 is 1.00 bits per heavy atom. The monoisotopic (exact) mass is 325 g/mol. The van der Waals surface area contributed by atoms with Gasteiger partial charge < -0.3 is 10.1 Å². The first kappa shape index (κ1) is 17.7. The summed E-state index contributed by atoms with van der Waals surface area (Å²) in [6, 6.07) is 18.7. The number of carbonyl (C=O) groups is 2. The minimum Gasteiger partial charge on any atom is -0.461 e. The Kier molecular flexibility index (Phi) is 7.02. The number of ether oxygens (including phenoxy) is 1. The Morgan fingerprint density at radius 2 is 1.62 bits per heavy atom. The molecule has 0 aliphatic heterocycles. The molecule has 126 valence electrons. The molecule has 0 saturated carbocycles. The summed E-state index contributed by atoms with van der Waals surface area (Å²) in [6.07, 6.45) is 1.78. The van der Waals surface area contributed by atoms with Crippen molar-refractivity contribution in [1.29, 1.82) is 0 Å². The summed E-state index contributed by atoms with van der Waals surface area (Å²) in [5.74, 6) is -0.296. The van der Waals surface area contributed by atoms with Crippen molar-refractivity contribution in [2.75, 3.05) is 0 Å². The van der Waals surface area contributed by atoms with Crippen LogP contribution < -0.4 is 5.32 Å². The fourth-order valence-corrected chi connectivity index (χ4v) is 2.33. The second-order valence-corrected chi connectivity index (χ2v) is 5.78. The molecule has 4 nitrogen and oxygen atoms in total. The molecule has 0 aromatic heterocycles. The van der Waals surface area contributed by atoms with Crippen molar-refractivity contribution in [2.45, 2.75) is 38.8 Å². The van der Waals surface area contributed by atoms with E-state index >= 15 is 0 Å². The molecule has 2 aromatic rings. The zero-order chi connectivity index (χ0) is 17.2. The Balaban J connectivity index is 1.62. The lowest BCUT2D eigenvalue weighted by molar-refractivity contribution is -0.145. The van der Waals surface area contributed by atoms with Gasteiger partial charge in [0.2, 0.25) is 0 Å². The molecule has 2 aromatic carbocycles. The van der Waals surface area contributed by atoms with E-state index in [1.54, 1.807) is 12.1 Å². The summed E-state index contributed by atoms with van der Waals surface area (Å²) in [4.78, 5) is 23.7. The molecule has 0 aliphatic rings. The molecule has 0 radical (unpaired) electrons. The van der Waals surface area contributed by atoms with Crippen molar-refractivity contribution in [3.63, 3.8) is 0 Å². The second kappa shape index (κ2) is 9.50. The predicted molar refractivity (Wildman–Crippen MR) is 93.5 cm³/mol. The summed E-state index contributed by atoms with van der Waals surface area (Å²) in [5, 5.41) is 2.94. The second-order valence-electron chi connectivity index (χ2n) is 5.78. The molecule has 0 aliphatic carbocycles. The number of esters is 1. The average molecular weight is 325 g/mol. The highest BCUT2D eigenvalue weighted by atomic mass is 16.5. The van der Waals surface area contributed by atoms with Crippen molar-refractivity contribution < 1.29 is 14.3 Å². The van der Waals surface area contributed by atoms with E-state index in [9.17, 15) is 9.59 Å². The fourth-order valence-electron chi connectivity index (χ4n) is 2.33. The first-order valence-corrected chi connectivity index (χ1v) is 8.20. The van der Waals surface area contributed by atoms with Gasteiger partial charge in [-0.25, -0.2) is 0 Å². The van der Waals surface area contributed by atoms with E-state index in [0.717, 1.165) is 12.0 Å². The van der Waals surface area contributed by atoms with Gasteiger partial charge in [0.1, 0.15) is 6.61 Å². The van der Waals surface area contributed by atoms with Gasteiger partial charge in [0.15, 0.2) is 0 Å². The van der Waals surface area contributed by atoms with Gasteiger partial charge in [0.05, 0.1) is 0 Å². The SMILES string of the molecule is CC(CCCC(=O)OCc1ccccc1)NC(=O)c1ccccc1. The van der Waals surface area contributed by atoms with Crippen LogP contribution in [0.3, 0.4) is 0 Å². The number of hydrogen-bond donors (Lipinski definition) is 1. The zero-order valence-electron chi connectivity index (χ0n) is 13.9. The van der Waals surface area contributed by atoms with Crippen molar-refractivity contribution in [1.82, 2.24) is 5.32 Å². The molecule has 0 bridgehead atoms. The molecule has 0 spiro atoms. The van der Waals surface area contributed by atoms with Gasteiger partial charge in [-0.1, -0.05) is 48.5 Å². The minimum atomic E-state index is -0.208. The van der Waals surface area contributed by atoms with E-state index in [4.69, 9.17) is 4.74 Å². The summed E-state index contributed by atoms with van der Waals surface area (Å²) in [6.45, 7) is 2.25. The largest absolute Gasteiger partial charge is 0.461 e. The van der Waals surface area contributed by atoms with Crippen LogP contribution >= 0.6 is 0 Å². The maximum atomic E-state index is 12.0. The first-order chi connectivity index (χ1) is 11.6. The number of benzene rings is 2. The van der Waals surface area contributed by atoms with Crippen LogP contribution in [-0.4, -0.2) is 17.9 Å². The zero-order valence-corrected chi connectivity index (χ0v) is 13.9. The lowest BCUT2D eigenvalue weighted by Gasteiger charge is -2.13. The van der Waals surface area contributed by atoms with Crippen LogP contribution in [0.5, 0.6) is 0 Å². The molecule has 0 heterocycles. The highest BCUT2D eigenvalue weighted by molar-refractivity contribution is 5.94. The molecule has 24 heavy (non-hydrogen) atoms. The standard InChI is InChI=1S/C20H23NO3/c1-16(21-20(23)18-12-6-3-7-13-18)9-8-14-19(22)24-15-17-10-4-2-5-11-17/h2-7,10-13,16H,8-9,14-15H2,1H3,(H,21,23). The quantitative estimate of drug-likeness (QED) is 0.753. The van der Waals surface area contributed by atoms with Crippen molar-refractivity contribution in [3.05, 3.63) is 71.8 Å². The van der Waals surface area contributed by atoms with Gasteiger partial charge in [0.25, 0.3) is 5.91 Å². The van der Waals surface area contributed by atoms with Gasteiger partial charge in [-0.3, -0.25) is 9.59 Å². The predicted octanol–water partition coefficient (Wildman–Crippen LogP) is 3.72. The van der Waals surface area contributed by atoms with Crippen LogP contribution in [0, 0.1) is 0 Å². The molecule has 1 amide bonds. The molecule has 1 atom stereocenters. The van der Waals surface area contributed by atoms with E-state index in [0.29, 0.717) is 25.0 Å². The number of rotatable bonds is 8. The van der Waals surface area contributed by atoms with Crippen LogP contribution in [-0.2, 0) is 16.1 Å². The summed E-state index contributed by atoms with van der Waals surface area (Å²) >= 11 is 0. The van der Waals surface area contributed by atoms with E-state index in [1.165, 1.54) is 0 Å². The van der Waals surface area contributed by atoms with Crippen molar-refractivity contribution >= 4 is 11.9 Å². The van der Waals surface area contributed by atoms with Crippen LogP contribution in [0.2, 0.25) is 0 Å². The third-order valence-electron chi connectivity index (χ3n) is 3.67. The fraction of sp³-hybridized carbons (Fsp3) is 0.300. The number of carbonyl (C=O) groups excluding carboxylic acids is 2. The number of amides is 1. The Hall–Kier alpha value is -2.62. The lowest BCUT2D eigenvalue weighted by atomic mass is 10.1. The normalized spacial score (nSPS) is 11.5. The lowest BCUT2D eigenvalue weighted by Crippen LogP contribution is -2.32. The Morgan fingerprint density at radius 3 is 2.29 bits per heavy atom. The molecular weight excluding hydrogens is 302 g/mol. The Labute approximate surface area is 142 Å². The molecule has 1 N–H and O–H groups in total. The van der Waals surface area contributed by atoms with Gasteiger partial charge in [-0.15, -0.1) is 0 Å². The molecule has 0 saturated heterocycles. The van der Waals surface area contributed by atoms with Gasteiger partial charge in [-0.2, -0.15) is 0 Å². The molecular formula is C20H23NO3. The topological polar surface area (TPSA) is 55.4 Å². The summed E-state index contributed by atoms with van der Waals surface area (Å²) < 4.78 is 5.23. The van der Waals surface area contributed by atoms with Crippen molar-refractivity contribution in [3.8, 4) is 0 Å². The molecule has 0 fully saturated rings. The highest BCUT2D eigenvalue weighted by Crippen LogP contribution is 2.06.